The molecule has 0 aromatic carbocycles. The normalized spacial score (nSPS) is 14.3. The predicted octanol–water partition coefficient (Wildman–Crippen LogP) is 3.00. The summed E-state index contributed by atoms with van der Waals surface area (Å²) in [7, 11) is 0. The molecule has 5 nitrogen and oxygen atoms in total. The van der Waals surface area contributed by atoms with Crippen LogP contribution in [-0.2, 0) is 24.2 Å². The molecule has 1 aliphatic rings. The lowest BCUT2D eigenvalue weighted by Gasteiger charge is -2.26. The molecule has 23 heavy (non-hydrogen) atoms. The Labute approximate surface area is 142 Å². The van der Waals surface area contributed by atoms with Gasteiger partial charge in [-0.25, -0.2) is 4.79 Å². The maximum atomic E-state index is 12.2. The molecule has 0 bridgehead atoms. The Hall–Kier alpha value is -1.88. The van der Waals surface area contributed by atoms with E-state index in [0.717, 1.165) is 30.8 Å². The van der Waals surface area contributed by atoms with E-state index < -0.39 is 5.97 Å². The molecule has 0 atom stereocenters. The first-order valence-corrected chi connectivity index (χ1v) is 9.09. The molecule has 3 rings (SSSR count). The summed E-state index contributed by atoms with van der Waals surface area (Å²) >= 11 is 2.93. The SMILES string of the molecule is CCOC(=O)c1sc(N)c(C#N)c1CN1CCc2sccc2C1. The van der Waals surface area contributed by atoms with Crippen molar-refractivity contribution in [2.45, 2.75) is 26.4 Å². The van der Waals surface area contributed by atoms with Crippen LogP contribution in [0.4, 0.5) is 5.00 Å². The van der Waals surface area contributed by atoms with E-state index in [-0.39, 0.29) is 0 Å². The average Bonchev–Trinajstić information content (AvgIpc) is 3.11. The first-order valence-electron chi connectivity index (χ1n) is 7.40. The molecule has 2 aromatic heterocycles. The Balaban J connectivity index is 1.87. The zero-order valence-corrected chi connectivity index (χ0v) is 14.4. The highest BCUT2D eigenvalue weighted by Crippen LogP contribution is 2.33. The lowest BCUT2D eigenvalue weighted by atomic mass is 10.1. The van der Waals surface area contributed by atoms with E-state index in [9.17, 15) is 10.1 Å². The molecule has 3 heterocycles. The van der Waals surface area contributed by atoms with Crippen LogP contribution < -0.4 is 5.73 Å². The molecule has 0 saturated heterocycles. The fourth-order valence-corrected chi connectivity index (χ4v) is 4.60. The van der Waals surface area contributed by atoms with Gasteiger partial charge >= 0.3 is 5.97 Å². The highest BCUT2D eigenvalue weighted by atomic mass is 32.1. The Morgan fingerprint density at radius 3 is 3.13 bits per heavy atom. The molecular weight excluding hydrogens is 330 g/mol. The highest BCUT2D eigenvalue weighted by molar-refractivity contribution is 7.18. The Morgan fingerprint density at radius 2 is 2.39 bits per heavy atom. The maximum Gasteiger partial charge on any atom is 0.348 e. The first-order chi connectivity index (χ1) is 11.1. The summed E-state index contributed by atoms with van der Waals surface area (Å²) in [6, 6.07) is 4.28. The molecule has 1 aliphatic heterocycles. The van der Waals surface area contributed by atoms with Crippen LogP contribution in [0.1, 0.15) is 38.2 Å². The third-order valence-electron chi connectivity index (χ3n) is 3.88. The molecule has 2 N–H and O–H groups in total. The number of nitriles is 1. The highest BCUT2D eigenvalue weighted by Gasteiger charge is 2.26. The van der Waals surface area contributed by atoms with Gasteiger partial charge in [0.05, 0.1) is 12.2 Å². The van der Waals surface area contributed by atoms with Gasteiger partial charge in [0, 0.05) is 30.1 Å². The number of thiophene rings is 2. The Bertz CT molecular complexity index is 773. The van der Waals surface area contributed by atoms with Crippen molar-refractivity contribution in [3.63, 3.8) is 0 Å². The van der Waals surface area contributed by atoms with E-state index >= 15 is 0 Å². The number of rotatable bonds is 4. The maximum absolute atomic E-state index is 12.2. The topological polar surface area (TPSA) is 79.3 Å². The number of nitrogens with zero attached hydrogens (tertiary/aromatic N) is 2. The monoisotopic (exact) mass is 347 g/mol. The van der Waals surface area contributed by atoms with Crippen LogP contribution in [0.3, 0.4) is 0 Å². The fourth-order valence-electron chi connectivity index (χ4n) is 2.79. The van der Waals surface area contributed by atoms with Crippen molar-refractivity contribution in [2.75, 3.05) is 18.9 Å². The van der Waals surface area contributed by atoms with E-state index in [4.69, 9.17) is 10.5 Å². The summed E-state index contributed by atoms with van der Waals surface area (Å²) < 4.78 is 5.10. The number of ether oxygens (including phenoxy) is 1. The lowest BCUT2D eigenvalue weighted by Crippen LogP contribution is -2.29. The minimum absolute atomic E-state index is 0.305. The van der Waals surface area contributed by atoms with Gasteiger partial charge in [0.15, 0.2) is 0 Å². The summed E-state index contributed by atoms with van der Waals surface area (Å²) in [5.41, 5.74) is 8.37. The molecule has 0 radical (unpaired) electrons. The third-order valence-corrected chi connectivity index (χ3v) is 5.94. The number of hydrogen-bond acceptors (Lipinski definition) is 7. The van der Waals surface area contributed by atoms with E-state index in [1.807, 2.05) is 0 Å². The molecule has 0 saturated carbocycles. The van der Waals surface area contributed by atoms with Gasteiger partial charge in [-0.15, -0.1) is 22.7 Å². The zero-order valence-electron chi connectivity index (χ0n) is 12.8. The fraction of sp³-hybridized carbons (Fsp3) is 0.375. The van der Waals surface area contributed by atoms with Crippen molar-refractivity contribution in [3.05, 3.63) is 37.9 Å². The summed E-state index contributed by atoms with van der Waals surface area (Å²) in [4.78, 5) is 16.3. The second-order valence-electron chi connectivity index (χ2n) is 5.31. The second kappa shape index (κ2) is 6.71. The van der Waals surface area contributed by atoms with Gasteiger partial charge in [-0.05, 0) is 30.4 Å². The van der Waals surface area contributed by atoms with Gasteiger partial charge in [-0.1, -0.05) is 0 Å². The Morgan fingerprint density at radius 1 is 1.57 bits per heavy atom. The number of nitrogen functional groups attached to an aromatic ring is 1. The van der Waals surface area contributed by atoms with Gasteiger partial charge < -0.3 is 10.5 Å². The summed E-state index contributed by atoms with van der Waals surface area (Å²) in [6.07, 6.45) is 1.00. The van der Waals surface area contributed by atoms with Crippen molar-refractivity contribution >= 4 is 33.6 Å². The van der Waals surface area contributed by atoms with Crippen molar-refractivity contribution in [1.82, 2.24) is 4.90 Å². The van der Waals surface area contributed by atoms with Crippen LogP contribution in [0.15, 0.2) is 11.4 Å². The second-order valence-corrected chi connectivity index (χ2v) is 7.36. The molecule has 0 fully saturated rings. The lowest BCUT2D eigenvalue weighted by molar-refractivity contribution is 0.0529. The summed E-state index contributed by atoms with van der Waals surface area (Å²) in [6.45, 7) is 4.36. The van der Waals surface area contributed by atoms with Crippen molar-refractivity contribution in [1.29, 1.82) is 5.26 Å². The average molecular weight is 347 g/mol. The van der Waals surface area contributed by atoms with Crippen LogP contribution in [0, 0.1) is 11.3 Å². The molecule has 120 valence electrons. The standard InChI is InChI=1S/C16H17N3O2S2/c1-2-21-16(20)14-12(11(7-17)15(18)23-14)9-19-5-3-13-10(8-19)4-6-22-13/h4,6H,2-3,5,8-9,18H2,1H3. The van der Waals surface area contributed by atoms with E-state index in [1.54, 1.807) is 18.3 Å². The number of esters is 1. The van der Waals surface area contributed by atoms with Crippen molar-refractivity contribution in [2.24, 2.45) is 0 Å². The van der Waals surface area contributed by atoms with E-state index in [0.29, 0.717) is 34.2 Å². The number of carbonyl (C=O) groups is 1. The number of nitrogens with two attached hydrogens (primary N) is 1. The largest absolute Gasteiger partial charge is 0.462 e. The van der Waals surface area contributed by atoms with Crippen LogP contribution in [0.25, 0.3) is 0 Å². The first kappa shape index (κ1) is 16.0. The minimum Gasteiger partial charge on any atom is -0.462 e. The van der Waals surface area contributed by atoms with Gasteiger partial charge in [-0.2, -0.15) is 5.26 Å². The molecular formula is C16H17N3O2S2. The molecule has 7 heteroatoms. The van der Waals surface area contributed by atoms with Gasteiger partial charge in [0.2, 0.25) is 0 Å². The molecule has 0 aliphatic carbocycles. The summed E-state index contributed by atoms with van der Waals surface area (Å²) in [5, 5.41) is 11.9. The van der Waals surface area contributed by atoms with Crippen LogP contribution >= 0.6 is 22.7 Å². The Kier molecular flexibility index (Phi) is 4.66. The van der Waals surface area contributed by atoms with Crippen LogP contribution in [-0.4, -0.2) is 24.0 Å². The van der Waals surface area contributed by atoms with Gasteiger partial charge in [-0.3, -0.25) is 4.90 Å². The molecule has 0 amide bonds. The van der Waals surface area contributed by atoms with Crippen LogP contribution in [0.2, 0.25) is 0 Å². The van der Waals surface area contributed by atoms with Gasteiger partial charge in [0.1, 0.15) is 15.9 Å². The number of anilines is 1. The van der Waals surface area contributed by atoms with E-state index in [2.05, 4.69) is 22.4 Å². The van der Waals surface area contributed by atoms with E-state index in [1.165, 1.54) is 10.4 Å². The third kappa shape index (κ3) is 3.11. The summed E-state index contributed by atoms with van der Waals surface area (Å²) in [5.74, 6) is -0.395. The van der Waals surface area contributed by atoms with Gasteiger partial charge in [0.25, 0.3) is 0 Å². The zero-order chi connectivity index (χ0) is 16.4. The predicted molar refractivity (Wildman–Crippen MR) is 91.5 cm³/mol. The number of hydrogen-bond donors (Lipinski definition) is 1. The smallest absolute Gasteiger partial charge is 0.348 e. The number of fused-ring (bicyclic) bond motifs is 1. The minimum atomic E-state index is -0.395. The van der Waals surface area contributed by atoms with Crippen molar-refractivity contribution in [3.8, 4) is 6.07 Å². The molecule has 0 unspecified atom stereocenters. The quantitative estimate of drug-likeness (QED) is 0.860. The van der Waals surface area contributed by atoms with Crippen molar-refractivity contribution < 1.29 is 9.53 Å². The van der Waals surface area contributed by atoms with Crippen LogP contribution in [0.5, 0.6) is 0 Å². The molecule has 2 aromatic rings. The molecule has 0 spiro atoms. The number of carbonyl (C=O) groups excluding carboxylic acids is 1.